The molecule has 0 fully saturated rings. The lowest BCUT2D eigenvalue weighted by molar-refractivity contribution is -0.163. The number of benzene rings is 1. The Bertz CT molecular complexity index is 914. The van der Waals surface area contributed by atoms with Gasteiger partial charge in [0.25, 0.3) is 0 Å². The van der Waals surface area contributed by atoms with Crippen molar-refractivity contribution in [2.24, 2.45) is 0 Å². The lowest BCUT2D eigenvalue weighted by Gasteiger charge is -2.25. The standard InChI is InChI=1S/C18H18BNO3S/c1-18(2,3)23-15(17(21)22-4)16-14(19)13-10-6-5-9-20-11(10)7-8-12(13)24-16/h5-9,15H,1-4H3. The number of thiophene rings is 1. The van der Waals surface area contributed by atoms with Gasteiger partial charge in [-0.05, 0) is 44.4 Å². The monoisotopic (exact) mass is 339 g/mol. The van der Waals surface area contributed by atoms with Crippen molar-refractivity contribution >= 4 is 51.6 Å². The molecular weight excluding hydrogens is 321 g/mol. The van der Waals surface area contributed by atoms with Gasteiger partial charge in [-0.1, -0.05) is 11.5 Å². The van der Waals surface area contributed by atoms with Crippen LogP contribution in [0.3, 0.4) is 0 Å². The number of hydrogen-bond donors (Lipinski definition) is 0. The van der Waals surface area contributed by atoms with Crippen LogP contribution < -0.4 is 5.46 Å². The molecule has 0 N–H and O–H groups in total. The van der Waals surface area contributed by atoms with E-state index in [0.29, 0.717) is 10.3 Å². The minimum absolute atomic E-state index is 0.453. The van der Waals surface area contributed by atoms with E-state index in [-0.39, 0.29) is 0 Å². The fraction of sp³-hybridized carbons (Fsp3) is 0.333. The summed E-state index contributed by atoms with van der Waals surface area (Å²) in [7, 11) is 7.76. The zero-order chi connectivity index (χ0) is 17.5. The van der Waals surface area contributed by atoms with Crippen LogP contribution in [-0.4, -0.2) is 31.5 Å². The quantitative estimate of drug-likeness (QED) is 0.543. The molecule has 0 bridgehead atoms. The van der Waals surface area contributed by atoms with Crippen molar-refractivity contribution in [2.45, 2.75) is 32.5 Å². The number of aromatic nitrogens is 1. The van der Waals surface area contributed by atoms with Crippen molar-refractivity contribution in [1.82, 2.24) is 4.98 Å². The number of esters is 1. The van der Waals surface area contributed by atoms with E-state index in [1.807, 2.05) is 45.0 Å². The highest BCUT2D eigenvalue weighted by molar-refractivity contribution is 7.20. The Morgan fingerprint density at radius 3 is 2.71 bits per heavy atom. The van der Waals surface area contributed by atoms with E-state index in [0.717, 1.165) is 21.0 Å². The number of pyridine rings is 1. The third kappa shape index (κ3) is 3.04. The van der Waals surface area contributed by atoms with Crippen LogP contribution in [0.1, 0.15) is 31.8 Å². The smallest absolute Gasteiger partial charge is 0.340 e. The lowest BCUT2D eigenvalue weighted by atomic mass is 9.89. The second-order valence-electron chi connectivity index (χ2n) is 6.52. The number of methoxy groups -OCH3 is 1. The molecule has 1 aromatic carbocycles. The van der Waals surface area contributed by atoms with Crippen LogP contribution in [0.5, 0.6) is 0 Å². The number of nitrogens with zero attached hydrogens (tertiary/aromatic N) is 1. The third-order valence-electron chi connectivity index (χ3n) is 3.63. The van der Waals surface area contributed by atoms with E-state index in [9.17, 15) is 4.79 Å². The Morgan fingerprint density at radius 2 is 2.04 bits per heavy atom. The molecule has 24 heavy (non-hydrogen) atoms. The molecule has 3 aromatic rings. The van der Waals surface area contributed by atoms with Crippen LogP contribution in [0.15, 0.2) is 30.5 Å². The molecule has 2 aromatic heterocycles. The highest BCUT2D eigenvalue weighted by Crippen LogP contribution is 2.35. The molecule has 0 saturated heterocycles. The first-order chi connectivity index (χ1) is 11.3. The first kappa shape index (κ1) is 16.9. The van der Waals surface area contributed by atoms with E-state index in [1.165, 1.54) is 18.4 Å². The summed E-state index contributed by atoms with van der Waals surface area (Å²) < 4.78 is 11.9. The van der Waals surface area contributed by atoms with Crippen molar-refractivity contribution in [1.29, 1.82) is 0 Å². The molecule has 0 spiro atoms. The number of hydrogen-bond acceptors (Lipinski definition) is 5. The summed E-state index contributed by atoms with van der Waals surface area (Å²) >= 11 is 1.45. The number of carbonyl (C=O) groups is 1. The zero-order valence-electron chi connectivity index (χ0n) is 14.1. The number of carbonyl (C=O) groups excluding carboxylic acids is 1. The molecule has 0 amide bonds. The molecule has 0 aliphatic rings. The van der Waals surface area contributed by atoms with Crippen molar-refractivity contribution in [3.63, 3.8) is 0 Å². The van der Waals surface area contributed by atoms with Crippen LogP contribution in [0, 0.1) is 0 Å². The van der Waals surface area contributed by atoms with E-state index in [1.54, 1.807) is 6.20 Å². The van der Waals surface area contributed by atoms with Crippen molar-refractivity contribution in [3.8, 4) is 0 Å². The van der Waals surface area contributed by atoms with Gasteiger partial charge in [-0.15, -0.1) is 11.3 Å². The lowest BCUT2D eigenvalue weighted by Crippen LogP contribution is -2.30. The minimum Gasteiger partial charge on any atom is -0.467 e. The van der Waals surface area contributed by atoms with Gasteiger partial charge in [-0.25, -0.2) is 4.79 Å². The maximum absolute atomic E-state index is 12.3. The molecule has 0 aliphatic heterocycles. The predicted octanol–water partition coefficient (Wildman–Crippen LogP) is 3.27. The summed E-state index contributed by atoms with van der Waals surface area (Å²) in [6.07, 6.45) is 0.900. The molecule has 3 rings (SSSR count). The van der Waals surface area contributed by atoms with Crippen LogP contribution in [0.25, 0.3) is 21.0 Å². The van der Waals surface area contributed by atoms with Crippen LogP contribution in [-0.2, 0) is 14.3 Å². The van der Waals surface area contributed by atoms with Gasteiger partial charge in [-0.3, -0.25) is 4.98 Å². The molecule has 0 aliphatic carbocycles. The summed E-state index contributed by atoms with van der Waals surface area (Å²) in [4.78, 5) is 17.3. The topological polar surface area (TPSA) is 48.4 Å². The molecule has 2 heterocycles. The Kier molecular flexibility index (Phi) is 4.36. The first-order valence-electron chi connectivity index (χ1n) is 7.63. The number of rotatable bonds is 3. The van der Waals surface area contributed by atoms with Gasteiger partial charge in [0.15, 0.2) is 6.10 Å². The van der Waals surface area contributed by atoms with E-state index < -0.39 is 17.7 Å². The third-order valence-corrected chi connectivity index (χ3v) is 4.84. The van der Waals surface area contributed by atoms with Gasteiger partial charge >= 0.3 is 5.97 Å². The average Bonchev–Trinajstić information content (AvgIpc) is 2.88. The van der Waals surface area contributed by atoms with Crippen molar-refractivity contribution in [3.05, 3.63) is 35.3 Å². The number of fused-ring (bicyclic) bond motifs is 3. The van der Waals surface area contributed by atoms with Crippen LogP contribution >= 0.6 is 11.3 Å². The maximum atomic E-state index is 12.3. The second kappa shape index (κ2) is 6.18. The first-order valence-corrected chi connectivity index (χ1v) is 8.44. The van der Waals surface area contributed by atoms with Gasteiger partial charge < -0.3 is 9.47 Å². The van der Waals surface area contributed by atoms with Crippen LogP contribution in [0.4, 0.5) is 0 Å². The van der Waals surface area contributed by atoms with Gasteiger partial charge in [-0.2, -0.15) is 0 Å². The Hall–Kier alpha value is -1.92. The summed E-state index contributed by atoms with van der Waals surface area (Å²) in [6, 6.07) is 7.78. The fourth-order valence-corrected chi connectivity index (χ4v) is 3.81. The molecule has 6 heteroatoms. The SMILES string of the molecule is [B]c1c(C(OC(C)(C)C)C(=O)OC)sc2ccc3ncccc3c12. The van der Waals surface area contributed by atoms with Gasteiger partial charge in [0, 0.05) is 21.2 Å². The average molecular weight is 339 g/mol. The summed E-state index contributed by atoms with van der Waals surface area (Å²) in [5.41, 5.74) is 0.908. The molecule has 122 valence electrons. The summed E-state index contributed by atoms with van der Waals surface area (Å²) in [5.74, 6) is -0.453. The Morgan fingerprint density at radius 1 is 1.29 bits per heavy atom. The highest BCUT2D eigenvalue weighted by Gasteiger charge is 2.31. The normalized spacial score (nSPS) is 13.3. The largest absolute Gasteiger partial charge is 0.467 e. The van der Waals surface area contributed by atoms with Crippen LogP contribution in [0.2, 0.25) is 0 Å². The minimum atomic E-state index is -0.848. The fourth-order valence-electron chi connectivity index (χ4n) is 2.66. The van der Waals surface area contributed by atoms with Crippen molar-refractivity contribution < 1.29 is 14.3 Å². The summed E-state index contributed by atoms with van der Waals surface area (Å²) in [5, 5.41) is 1.88. The van der Waals surface area contributed by atoms with Crippen molar-refractivity contribution in [2.75, 3.05) is 7.11 Å². The van der Waals surface area contributed by atoms with Gasteiger partial charge in [0.05, 0.1) is 18.2 Å². The zero-order valence-corrected chi connectivity index (χ0v) is 14.9. The predicted molar refractivity (Wildman–Crippen MR) is 98.1 cm³/mol. The molecule has 0 saturated carbocycles. The maximum Gasteiger partial charge on any atom is 0.340 e. The second-order valence-corrected chi connectivity index (χ2v) is 7.61. The Labute approximate surface area is 146 Å². The van der Waals surface area contributed by atoms with E-state index in [2.05, 4.69) is 4.98 Å². The molecule has 4 nitrogen and oxygen atoms in total. The van der Waals surface area contributed by atoms with Gasteiger partial charge in [0.2, 0.25) is 0 Å². The molecule has 1 unspecified atom stereocenters. The Balaban J connectivity index is 2.22. The van der Waals surface area contributed by atoms with Gasteiger partial charge in [0.1, 0.15) is 7.85 Å². The van der Waals surface area contributed by atoms with E-state index >= 15 is 0 Å². The highest BCUT2D eigenvalue weighted by atomic mass is 32.1. The van der Waals surface area contributed by atoms with E-state index in [4.69, 9.17) is 17.3 Å². The number of ether oxygens (including phenoxy) is 2. The molecule has 1 atom stereocenters. The molecule has 2 radical (unpaired) electrons. The molecular formula is C18H18BNO3S. The summed E-state index contributed by atoms with van der Waals surface area (Å²) in [6.45, 7) is 5.68.